The van der Waals surface area contributed by atoms with E-state index >= 15 is 0 Å². The van der Waals surface area contributed by atoms with Crippen molar-refractivity contribution in [3.05, 3.63) is 29.5 Å². The first-order chi connectivity index (χ1) is 13.3. The molecule has 28 heavy (non-hydrogen) atoms. The fourth-order valence-electron chi connectivity index (χ4n) is 3.10. The lowest BCUT2D eigenvalue weighted by molar-refractivity contribution is 0.250. The summed E-state index contributed by atoms with van der Waals surface area (Å²) in [4.78, 5) is 19.2. The lowest BCUT2D eigenvalue weighted by atomic mass is 10.1. The molecule has 0 unspecified atom stereocenters. The number of pyridine rings is 1. The molecule has 3 rings (SSSR count). The number of urea groups is 1. The van der Waals surface area contributed by atoms with Crippen molar-refractivity contribution >= 4 is 23.2 Å². The van der Waals surface area contributed by atoms with Crippen molar-refractivity contribution in [2.75, 3.05) is 43.4 Å². The zero-order chi connectivity index (χ0) is 20.6. The molecule has 0 saturated carbocycles. The average Bonchev–Trinajstić information content (AvgIpc) is 2.68. The zero-order valence-corrected chi connectivity index (χ0v) is 15.9. The maximum atomic E-state index is 14.9. The van der Waals surface area contributed by atoms with E-state index in [9.17, 15) is 13.6 Å². The van der Waals surface area contributed by atoms with Crippen LogP contribution in [0.1, 0.15) is 12.5 Å². The monoisotopic (exact) mass is 394 g/mol. The van der Waals surface area contributed by atoms with Crippen LogP contribution in [0.25, 0.3) is 0 Å². The molecular weight excluding hydrogens is 374 g/mol. The summed E-state index contributed by atoms with van der Waals surface area (Å²) in [6, 6.07) is 0.405. The molecule has 1 aromatic carbocycles. The van der Waals surface area contributed by atoms with Crippen LogP contribution in [-0.4, -0.2) is 38.9 Å². The number of hydrogen-bond donors (Lipinski definition) is 1. The van der Waals surface area contributed by atoms with Gasteiger partial charge in [-0.3, -0.25) is 9.80 Å². The first-order valence-electron chi connectivity index (χ1n) is 8.40. The number of anilines is 3. The Labute approximate surface area is 160 Å². The fourth-order valence-corrected chi connectivity index (χ4v) is 3.10. The van der Waals surface area contributed by atoms with E-state index in [1.165, 1.54) is 32.4 Å². The van der Waals surface area contributed by atoms with Crippen LogP contribution in [0.15, 0.2) is 12.3 Å². The number of nitrogen functional groups attached to an aromatic ring is 1. The molecule has 1 aliphatic rings. The van der Waals surface area contributed by atoms with E-state index in [0.717, 1.165) is 11.0 Å². The molecule has 0 saturated heterocycles. The number of methoxy groups -OCH3 is 2. The molecule has 2 amide bonds. The Morgan fingerprint density at radius 3 is 2.32 bits per heavy atom. The molecule has 10 heteroatoms. The van der Waals surface area contributed by atoms with Gasteiger partial charge in [-0.25, -0.2) is 18.6 Å². The minimum Gasteiger partial charge on any atom is -0.493 e. The molecule has 2 N–H and O–H groups in total. The summed E-state index contributed by atoms with van der Waals surface area (Å²) in [5.41, 5.74) is 6.21. The number of nitrogens with zero attached hydrogens (tertiary/aromatic N) is 3. The minimum atomic E-state index is -1.01. The number of benzene rings is 1. The summed E-state index contributed by atoms with van der Waals surface area (Å²) < 4.78 is 45.2. The van der Waals surface area contributed by atoms with Crippen LogP contribution in [-0.2, 0) is 6.54 Å². The summed E-state index contributed by atoms with van der Waals surface area (Å²) in [5.74, 6) is -2.16. The van der Waals surface area contributed by atoms with Gasteiger partial charge < -0.3 is 19.9 Å². The molecule has 1 aromatic heterocycles. The van der Waals surface area contributed by atoms with E-state index in [-0.39, 0.29) is 29.6 Å². The maximum Gasteiger partial charge on any atom is 0.329 e. The van der Waals surface area contributed by atoms with Crippen molar-refractivity contribution in [2.24, 2.45) is 0 Å². The maximum absolute atomic E-state index is 14.9. The van der Waals surface area contributed by atoms with Gasteiger partial charge in [0.05, 0.1) is 33.1 Å². The van der Waals surface area contributed by atoms with Gasteiger partial charge >= 0.3 is 6.03 Å². The van der Waals surface area contributed by atoms with Gasteiger partial charge in [-0.1, -0.05) is 0 Å². The lowest BCUT2D eigenvalue weighted by Gasteiger charge is -2.36. The molecule has 0 bridgehead atoms. The summed E-state index contributed by atoms with van der Waals surface area (Å²) in [5, 5.41) is 0. The molecule has 2 aromatic rings. The Hall–Kier alpha value is -3.30. The molecule has 0 aliphatic carbocycles. The van der Waals surface area contributed by atoms with Crippen LogP contribution < -0.4 is 29.7 Å². The second kappa shape index (κ2) is 7.37. The number of carbonyl (C=O) groups is 1. The van der Waals surface area contributed by atoms with Gasteiger partial charge in [-0.2, -0.15) is 0 Å². The van der Waals surface area contributed by atoms with Gasteiger partial charge in [-0.05, 0) is 6.92 Å². The molecule has 0 atom stereocenters. The number of aromatic nitrogens is 1. The highest BCUT2D eigenvalue weighted by molar-refractivity contribution is 6.07. The van der Waals surface area contributed by atoms with Crippen molar-refractivity contribution < 1.29 is 27.8 Å². The largest absolute Gasteiger partial charge is 0.493 e. The number of fused-ring (bicyclic) bond motifs is 1. The van der Waals surface area contributed by atoms with Gasteiger partial charge in [0.25, 0.3) is 0 Å². The Bertz CT molecular complexity index is 910. The number of halogens is 2. The first-order valence-corrected chi connectivity index (χ1v) is 8.40. The molecular formula is C18H20F2N4O4. The van der Waals surface area contributed by atoms with E-state index in [1.54, 1.807) is 6.92 Å². The van der Waals surface area contributed by atoms with Crippen molar-refractivity contribution in [3.8, 4) is 17.2 Å². The molecule has 2 heterocycles. The number of rotatable bonds is 5. The SMILES string of the molecule is CCOc1c(N)ncc2c1N(C)C(=O)N(c1c(F)c(OC)cc(OC)c1F)C2. The number of amides is 2. The van der Waals surface area contributed by atoms with Crippen LogP contribution in [0.4, 0.5) is 30.8 Å². The van der Waals surface area contributed by atoms with Crippen molar-refractivity contribution in [1.29, 1.82) is 0 Å². The average molecular weight is 394 g/mol. The molecule has 1 aliphatic heterocycles. The summed E-state index contributed by atoms with van der Waals surface area (Å²) in [6.45, 7) is 1.93. The Kier molecular flexibility index (Phi) is 5.12. The highest BCUT2D eigenvalue weighted by Crippen LogP contribution is 2.43. The number of hydrogen-bond acceptors (Lipinski definition) is 6. The smallest absolute Gasteiger partial charge is 0.329 e. The first kappa shape index (κ1) is 19.5. The Balaban J connectivity index is 2.18. The highest BCUT2D eigenvalue weighted by atomic mass is 19.1. The van der Waals surface area contributed by atoms with Crippen molar-refractivity contribution in [2.45, 2.75) is 13.5 Å². The van der Waals surface area contributed by atoms with Gasteiger partial charge in [0.15, 0.2) is 34.7 Å². The lowest BCUT2D eigenvalue weighted by Crippen LogP contribution is -2.46. The van der Waals surface area contributed by atoms with Crippen LogP contribution >= 0.6 is 0 Å². The third-order valence-electron chi connectivity index (χ3n) is 4.40. The van der Waals surface area contributed by atoms with Gasteiger partial charge in [0.1, 0.15) is 5.69 Å². The number of nitrogens with two attached hydrogens (primary N) is 1. The van der Waals surface area contributed by atoms with E-state index in [2.05, 4.69) is 4.98 Å². The molecule has 0 fully saturated rings. The van der Waals surface area contributed by atoms with Crippen LogP contribution in [0.2, 0.25) is 0 Å². The molecule has 0 spiro atoms. The zero-order valence-electron chi connectivity index (χ0n) is 15.9. The second-order valence-electron chi connectivity index (χ2n) is 5.96. The molecule has 8 nitrogen and oxygen atoms in total. The highest BCUT2D eigenvalue weighted by Gasteiger charge is 2.37. The van der Waals surface area contributed by atoms with E-state index in [1.807, 2.05) is 0 Å². The fraction of sp³-hybridized carbons (Fsp3) is 0.333. The molecule has 150 valence electrons. The normalized spacial score (nSPS) is 13.4. The predicted octanol–water partition coefficient (Wildman–Crippen LogP) is 2.93. The quantitative estimate of drug-likeness (QED) is 0.839. The third kappa shape index (κ3) is 2.90. The van der Waals surface area contributed by atoms with Gasteiger partial charge in [0.2, 0.25) is 0 Å². The van der Waals surface area contributed by atoms with Crippen molar-refractivity contribution in [3.63, 3.8) is 0 Å². The summed E-state index contributed by atoms with van der Waals surface area (Å²) in [6.07, 6.45) is 1.44. The minimum absolute atomic E-state index is 0.120. The topological polar surface area (TPSA) is 90.2 Å². The third-order valence-corrected chi connectivity index (χ3v) is 4.40. The number of ether oxygens (including phenoxy) is 3. The second-order valence-corrected chi connectivity index (χ2v) is 5.96. The predicted molar refractivity (Wildman–Crippen MR) is 99.3 cm³/mol. The van der Waals surface area contributed by atoms with Gasteiger partial charge in [0, 0.05) is 24.9 Å². The van der Waals surface area contributed by atoms with Crippen LogP contribution in [0.5, 0.6) is 17.2 Å². The standard InChI is InChI=1S/C18H20F2N4O4/c1-5-28-16-14-9(7-22-17(16)21)8-24(18(25)23(14)2)15-12(19)10(26-3)6-11(27-4)13(15)20/h6-7H,5,8H2,1-4H3,(H2,21,22). The van der Waals surface area contributed by atoms with E-state index in [4.69, 9.17) is 19.9 Å². The Morgan fingerprint density at radius 1 is 1.18 bits per heavy atom. The van der Waals surface area contributed by atoms with Crippen molar-refractivity contribution in [1.82, 2.24) is 4.98 Å². The van der Waals surface area contributed by atoms with E-state index < -0.39 is 23.4 Å². The van der Waals surface area contributed by atoms with Crippen LogP contribution in [0, 0.1) is 11.6 Å². The summed E-state index contributed by atoms with van der Waals surface area (Å²) in [7, 11) is 3.93. The van der Waals surface area contributed by atoms with Gasteiger partial charge in [-0.15, -0.1) is 0 Å². The number of carbonyl (C=O) groups excluding carboxylic acids is 1. The van der Waals surface area contributed by atoms with E-state index in [0.29, 0.717) is 17.9 Å². The van der Waals surface area contributed by atoms with Crippen LogP contribution in [0.3, 0.4) is 0 Å². The molecule has 0 radical (unpaired) electrons. The Morgan fingerprint density at radius 2 is 1.79 bits per heavy atom. The summed E-state index contributed by atoms with van der Waals surface area (Å²) >= 11 is 0.